The Morgan fingerprint density at radius 2 is 2.05 bits per heavy atom. The molecule has 2 rings (SSSR count). The zero-order valence-corrected chi connectivity index (χ0v) is 14.3. The van der Waals surface area contributed by atoms with E-state index in [-0.39, 0.29) is 6.04 Å². The second-order valence-electron chi connectivity index (χ2n) is 5.47. The van der Waals surface area contributed by atoms with Crippen LogP contribution in [0.3, 0.4) is 0 Å². The molecule has 0 saturated carbocycles. The molecule has 22 heavy (non-hydrogen) atoms. The first kappa shape index (κ1) is 16.9. The van der Waals surface area contributed by atoms with Crippen molar-refractivity contribution < 1.29 is 4.74 Å². The third-order valence-electron chi connectivity index (χ3n) is 3.72. The Hall–Kier alpha value is -1.50. The van der Waals surface area contributed by atoms with Crippen molar-refractivity contribution in [3.63, 3.8) is 0 Å². The first-order chi connectivity index (χ1) is 10.6. The van der Waals surface area contributed by atoms with E-state index in [1.807, 2.05) is 33.8 Å². The highest BCUT2D eigenvalue weighted by Crippen LogP contribution is 2.17. The summed E-state index contributed by atoms with van der Waals surface area (Å²) in [7, 11) is 3.79. The van der Waals surface area contributed by atoms with Gasteiger partial charge in [-0.2, -0.15) is 5.10 Å². The second kappa shape index (κ2) is 8.22. The molecule has 1 atom stereocenters. The minimum atomic E-state index is 0.182. The summed E-state index contributed by atoms with van der Waals surface area (Å²) in [4.78, 5) is 2.19. The van der Waals surface area contributed by atoms with Gasteiger partial charge in [0.25, 0.3) is 0 Å². The van der Waals surface area contributed by atoms with E-state index >= 15 is 0 Å². The summed E-state index contributed by atoms with van der Waals surface area (Å²) in [6.45, 7) is 4.56. The molecule has 120 valence electrons. The maximum atomic E-state index is 5.57. The van der Waals surface area contributed by atoms with Gasteiger partial charge in [0.2, 0.25) is 0 Å². The molecular weight excluding hydrogens is 296 g/mol. The molecule has 2 aromatic rings. The van der Waals surface area contributed by atoms with Crippen LogP contribution in [0.25, 0.3) is 0 Å². The van der Waals surface area contributed by atoms with Crippen molar-refractivity contribution in [3.8, 4) is 0 Å². The van der Waals surface area contributed by atoms with Gasteiger partial charge in [-0.1, -0.05) is 30.3 Å². The maximum absolute atomic E-state index is 5.57. The zero-order chi connectivity index (χ0) is 15.9. The van der Waals surface area contributed by atoms with E-state index in [1.54, 1.807) is 7.11 Å². The van der Waals surface area contributed by atoms with Crippen LogP contribution in [0.2, 0.25) is 0 Å². The van der Waals surface area contributed by atoms with Crippen molar-refractivity contribution >= 4 is 12.2 Å². The number of hydrogen-bond acceptors (Lipinski definition) is 4. The SMILES string of the molecule is COCCCN(C)Cn1ncn(C(C)c2ccccc2)c1=S. The Kier molecular flexibility index (Phi) is 6.30. The third-order valence-corrected chi connectivity index (χ3v) is 4.14. The first-order valence-electron chi connectivity index (χ1n) is 7.50. The summed E-state index contributed by atoms with van der Waals surface area (Å²) in [5, 5.41) is 4.43. The van der Waals surface area contributed by atoms with E-state index in [0.29, 0.717) is 6.67 Å². The van der Waals surface area contributed by atoms with Gasteiger partial charge >= 0.3 is 0 Å². The molecule has 0 N–H and O–H groups in total. The lowest BCUT2D eigenvalue weighted by Gasteiger charge is -2.16. The van der Waals surface area contributed by atoms with Crippen LogP contribution in [0.4, 0.5) is 0 Å². The van der Waals surface area contributed by atoms with Crippen LogP contribution in [-0.4, -0.2) is 46.6 Å². The summed E-state index contributed by atoms with van der Waals surface area (Å²) in [5.74, 6) is 0. The average molecular weight is 320 g/mol. The Balaban J connectivity index is 2.05. The molecule has 0 radical (unpaired) electrons. The number of hydrogen-bond donors (Lipinski definition) is 0. The third kappa shape index (κ3) is 4.25. The van der Waals surface area contributed by atoms with Crippen molar-refractivity contribution in [1.29, 1.82) is 0 Å². The first-order valence-corrected chi connectivity index (χ1v) is 7.90. The van der Waals surface area contributed by atoms with Crippen molar-refractivity contribution in [3.05, 3.63) is 47.0 Å². The van der Waals surface area contributed by atoms with Crippen LogP contribution in [-0.2, 0) is 11.4 Å². The predicted octanol–water partition coefficient (Wildman–Crippen LogP) is 2.95. The number of ether oxygens (including phenoxy) is 1. The minimum absolute atomic E-state index is 0.182. The summed E-state index contributed by atoms with van der Waals surface area (Å²) < 4.78 is 9.72. The van der Waals surface area contributed by atoms with E-state index in [9.17, 15) is 0 Å². The van der Waals surface area contributed by atoms with Crippen molar-refractivity contribution in [1.82, 2.24) is 19.2 Å². The normalized spacial score (nSPS) is 12.7. The van der Waals surface area contributed by atoms with Crippen LogP contribution in [0.5, 0.6) is 0 Å². The minimum Gasteiger partial charge on any atom is -0.385 e. The summed E-state index contributed by atoms with van der Waals surface area (Å²) in [5.41, 5.74) is 1.23. The fraction of sp³-hybridized carbons (Fsp3) is 0.500. The number of aromatic nitrogens is 3. The largest absolute Gasteiger partial charge is 0.385 e. The quantitative estimate of drug-likeness (QED) is 0.553. The molecule has 0 bridgehead atoms. The van der Waals surface area contributed by atoms with Crippen LogP contribution < -0.4 is 0 Å². The maximum Gasteiger partial charge on any atom is 0.199 e. The number of methoxy groups -OCH3 is 1. The smallest absolute Gasteiger partial charge is 0.199 e. The number of nitrogens with zero attached hydrogens (tertiary/aromatic N) is 4. The van der Waals surface area contributed by atoms with Gasteiger partial charge in [-0.15, -0.1) is 0 Å². The van der Waals surface area contributed by atoms with Crippen molar-refractivity contribution in [2.75, 3.05) is 27.3 Å². The monoisotopic (exact) mass is 320 g/mol. The van der Waals surface area contributed by atoms with E-state index in [1.165, 1.54) is 5.56 Å². The lowest BCUT2D eigenvalue weighted by molar-refractivity contribution is 0.168. The fourth-order valence-electron chi connectivity index (χ4n) is 2.38. The molecule has 0 saturated heterocycles. The summed E-state index contributed by atoms with van der Waals surface area (Å²) >= 11 is 5.57. The summed E-state index contributed by atoms with van der Waals surface area (Å²) in [6.07, 6.45) is 2.82. The van der Waals surface area contributed by atoms with Gasteiger partial charge in [0, 0.05) is 20.3 Å². The molecule has 1 aromatic carbocycles. The Labute approximate surface area is 137 Å². The highest BCUT2D eigenvalue weighted by molar-refractivity contribution is 7.71. The molecule has 0 aliphatic heterocycles. The van der Waals surface area contributed by atoms with E-state index in [2.05, 4.69) is 36.1 Å². The number of rotatable bonds is 8. The lowest BCUT2D eigenvalue weighted by atomic mass is 10.1. The van der Waals surface area contributed by atoms with Crippen molar-refractivity contribution in [2.45, 2.75) is 26.1 Å². The fourth-order valence-corrected chi connectivity index (χ4v) is 2.69. The van der Waals surface area contributed by atoms with Gasteiger partial charge in [0.15, 0.2) is 4.77 Å². The number of benzene rings is 1. The zero-order valence-electron chi connectivity index (χ0n) is 13.5. The van der Waals surface area contributed by atoms with E-state index in [0.717, 1.165) is 24.3 Å². The van der Waals surface area contributed by atoms with Crippen molar-refractivity contribution in [2.24, 2.45) is 0 Å². The van der Waals surface area contributed by atoms with E-state index in [4.69, 9.17) is 17.0 Å². The molecule has 0 fully saturated rings. The average Bonchev–Trinajstić information content (AvgIpc) is 2.89. The Morgan fingerprint density at radius 1 is 1.32 bits per heavy atom. The van der Waals surface area contributed by atoms with Crippen LogP contribution in [0.15, 0.2) is 36.7 Å². The predicted molar refractivity (Wildman–Crippen MR) is 90.4 cm³/mol. The summed E-state index contributed by atoms with van der Waals surface area (Å²) in [6, 6.07) is 10.5. The van der Waals surface area contributed by atoms with Gasteiger partial charge in [0.1, 0.15) is 6.33 Å². The highest BCUT2D eigenvalue weighted by Gasteiger charge is 2.11. The molecule has 1 unspecified atom stereocenters. The molecular formula is C16H24N4OS. The molecule has 0 amide bonds. The molecule has 5 nitrogen and oxygen atoms in total. The molecule has 1 heterocycles. The van der Waals surface area contributed by atoms with Crippen LogP contribution in [0.1, 0.15) is 24.9 Å². The Bertz CT molecular complexity index is 623. The second-order valence-corrected chi connectivity index (χ2v) is 5.84. The van der Waals surface area contributed by atoms with Gasteiger partial charge in [-0.25, -0.2) is 4.68 Å². The molecule has 1 aromatic heterocycles. The van der Waals surface area contributed by atoms with Gasteiger partial charge in [-0.3, -0.25) is 9.47 Å². The molecule has 6 heteroatoms. The van der Waals surface area contributed by atoms with E-state index < -0.39 is 0 Å². The van der Waals surface area contributed by atoms with Gasteiger partial charge in [0.05, 0.1) is 12.7 Å². The molecule has 0 aliphatic carbocycles. The lowest BCUT2D eigenvalue weighted by Crippen LogP contribution is -2.25. The topological polar surface area (TPSA) is 35.2 Å². The van der Waals surface area contributed by atoms with Crippen LogP contribution in [0, 0.1) is 4.77 Å². The molecule has 0 aliphatic rings. The standard InChI is InChI=1S/C16H24N4OS/c1-14(15-8-5-4-6-9-15)19-12-17-20(16(19)22)13-18(2)10-7-11-21-3/h4-6,8-9,12,14H,7,10-11,13H2,1-3H3. The van der Waals surface area contributed by atoms with Gasteiger partial charge in [-0.05, 0) is 38.2 Å². The van der Waals surface area contributed by atoms with Gasteiger partial charge < -0.3 is 4.74 Å². The highest BCUT2D eigenvalue weighted by atomic mass is 32.1. The Morgan fingerprint density at radius 3 is 2.73 bits per heavy atom. The molecule has 0 spiro atoms. The van der Waals surface area contributed by atoms with Crippen LogP contribution >= 0.6 is 12.2 Å².